The zero-order valence-electron chi connectivity index (χ0n) is 14.0. The monoisotopic (exact) mass is 335 g/mol. The molecule has 1 spiro atoms. The van der Waals surface area contributed by atoms with Crippen LogP contribution in [0.4, 0.5) is 0 Å². The van der Waals surface area contributed by atoms with Crippen LogP contribution < -0.4 is 0 Å². The second kappa shape index (κ2) is 6.03. The average molecular weight is 335 g/mol. The number of carboxylic acids is 1. The third-order valence-corrected chi connectivity index (χ3v) is 5.72. The summed E-state index contributed by atoms with van der Waals surface area (Å²) in [5.74, 6) is -1.54. The number of carboxylic acid groups (broad SMARTS) is 1. The Bertz CT molecular complexity index is 809. The van der Waals surface area contributed by atoms with Gasteiger partial charge < -0.3 is 10.0 Å². The molecule has 0 bridgehead atoms. The van der Waals surface area contributed by atoms with Crippen LogP contribution in [0.25, 0.3) is 0 Å². The van der Waals surface area contributed by atoms with Crippen molar-refractivity contribution in [2.24, 2.45) is 0 Å². The summed E-state index contributed by atoms with van der Waals surface area (Å²) in [6.45, 7) is 0.456. The number of hydrogen-bond donors (Lipinski definition) is 1. The molecule has 128 valence electrons. The summed E-state index contributed by atoms with van der Waals surface area (Å²) < 4.78 is 0. The van der Waals surface area contributed by atoms with Crippen molar-refractivity contribution in [3.8, 4) is 0 Å². The molecule has 0 saturated heterocycles. The molecule has 2 aromatic carbocycles. The Balaban J connectivity index is 1.87. The Kier molecular flexibility index (Phi) is 3.83. The van der Waals surface area contributed by atoms with Gasteiger partial charge >= 0.3 is 5.97 Å². The topological polar surface area (TPSA) is 57.6 Å². The quantitative estimate of drug-likeness (QED) is 0.927. The van der Waals surface area contributed by atoms with Gasteiger partial charge in [0.15, 0.2) is 0 Å². The maximum Gasteiger partial charge on any atom is 0.313 e. The van der Waals surface area contributed by atoms with Crippen LogP contribution in [-0.4, -0.2) is 27.4 Å². The van der Waals surface area contributed by atoms with Crippen molar-refractivity contribution in [1.29, 1.82) is 0 Å². The van der Waals surface area contributed by atoms with Gasteiger partial charge in [-0.1, -0.05) is 61.4 Å². The van der Waals surface area contributed by atoms with E-state index in [2.05, 4.69) is 0 Å². The fraction of sp³-hybridized carbons (Fsp3) is 0.333. The number of amides is 1. The first-order valence-corrected chi connectivity index (χ1v) is 8.81. The van der Waals surface area contributed by atoms with E-state index in [-0.39, 0.29) is 5.91 Å². The maximum absolute atomic E-state index is 13.3. The standard InChI is InChI=1S/C21H21NO3/c23-19-17-11-5-4-10-16(17)18(20(24)25)21(12-6-7-13-21)22(19)14-15-8-2-1-3-9-15/h1-5,8-11,18H,6-7,12-14H2,(H,24,25)/t18-/m0/s1. The van der Waals surface area contributed by atoms with Gasteiger partial charge in [-0.3, -0.25) is 9.59 Å². The zero-order valence-corrected chi connectivity index (χ0v) is 14.0. The predicted octanol–water partition coefficient (Wildman–Crippen LogP) is 3.82. The Morgan fingerprint density at radius 1 is 1.04 bits per heavy atom. The Labute approximate surface area is 147 Å². The van der Waals surface area contributed by atoms with Crippen LogP contribution in [0.1, 0.15) is 53.1 Å². The van der Waals surface area contributed by atoms with E-state index in [9.17, 15) is 14.7 Å². The van der Waals surface area contributed by atoms with Gasteiger partial charge in [0, 0.05) is 12.1 Å². The molecule has 1 N–H and O–H groups in total. The molecule has 4 nitrogen and oxygen atoms in total. The minimum atomic E-state index is -0.833. The van der Waals surface area contributed by atoms with Crippen LogP contribution in [0.15, 0.2) is 54.6 Å². The van der Waals surface area contributed by atoms with Crippen LogP contribution in [0.5, 0.6) is 0 Å². The highest BCUT2D eigenvalue weighted by molar-refractivity contribution is 6.01. The lowest BCUT2D eigenvalue weighted by Gasteiger charge is -2.49. The van der Waals surface area contributed by atoms with Gasteiger partial charge in [0.1, 0.15) is 5.92 Å². The van der Waals surface area contributed by atoms with E-state index >= 15 is 0 Å². The summed E-state index contributed by atoms with van der Waals surface area (Å²) in [4.78, 5) is 27.4. The molecule has 0 unspecified atom stereocenters. The van der Waals surface area contributed by atoms with Gasteiger partial charge in [0.25, 0.3) is 5.91 Å². The second-order valence-corrected chi connectivity index (χ2v) is 7.05. The molecule has 4 rings (SSSR count). The van der Waals surface area contributed by atoms with Crippen molar-refractivity contribution in [3.05, 3.63) is 71.3 Å². The molecule has 2 aromatic rings. The van der Waals surface area contributed by atoms with Crippen LogP contribution >= 0.6 is 0 Å². The van der Waals surface area contributed by atoms with Crippen molar-refractivity contribution in [2.45, 2.75) is 43.7 Å². The van der Waals surface area contributed by atoms with Crippen LogP contribution in [0, 0.1) is 0 Å². The molecule has 25 heavy (non-hydrogen) atoms. The molecule has 1 atom stereocenters. The number of rotatable bonds is 3. The summed E-state index contributed by atoms with van der Waals surface area (Å²) >= 11 is 0. The zero-order chi connectivity index (χ0) is 17.4. The summed E-state index contributed by atoms with van der Waals surface area (Å²) in [5.41, 5.74) is 1.62. The normalized spacial score (nSPS) is 21.4. The summed E-state index contributed by atoms with van der Waals surface area (Å²) in [5, 5.41) is 10.0. The van der Waals surface area contributed by atoms with Crippen molar-refractivity contribution in [3.63, 3.8) is 0 Å². The molecule has 1 heterocycles. The minimum Gasteiger partial charge on any atom is -0.481 e. The molecule has 1 amide bonds. The number of aliphatic carboxylic acids is 1. The number of benzene rings is 2. The summed E-state index contributed by atoms with van der Waals surface area (Å²) in [7, 11) is 0. The van der Waals surface area contributed by atoms with Crippen molar-refractivity contribution in [2.75, 3.05) is 0 Å². The number of hydrogen-bond acceptors (Lipinski definition) is 2. The van der Waals surface area contributed by atoms with Crippen LogP contribution in [0.3, 0.4) is 0 Å². The smallest absolute Gasteiger partial charge is 0.313 e. The lowest BCUT2D eigenvalue weighted by atomic mass is 9.71. The maximum atomic E-state index is 13.3. The largest absolute Gasteiger partial charge is 0.481 e. The van der Waals surface area contributed by atoms with Gasteiger partial charge in [0.2, 0.25) is 0 Å². The van der Waals surface area contributed by atoms with E-state index in [1.807, 2.05) is 53.4 Å². The Morgan fingerprint density at radius 2 is 1.68 bits per heavy atom. The first-order valence-electron chi connectivity index (χ1n) is 8.81. The lowest BCUT2D eigenvalue weighted by molar-refractivity contribution is -0.143. The highest BCUT2D eigenvalue weighted by Gasteiger charge is 2.55. The van der Waals surface area contributed by atoms with E-state index in [1.54, 1.807) is 6.07 Å². The third kappa shape index (κ3) is 2.44. The second-order valence-electron chi connectivity index (χ2n) is 7.05. The molecule has 0 radical (unpaired) electrons. The minimum absolute atomic E-state index is 0.0427. The van der Waals surface area contributed by atoms with Gasteiger partial charge in [0.05, 0.1) is 5.54 Å². The average Bonchev–Trinajstić information content (AvgIpc) is 3.09. The number of carbonyl (C=O) groups is 2. The molecule has 0 aromatic heterocycles. The Hall–Kier alpha value is -2.62. The van der Waals surface area contributed by atoms with Gasteiger partial charge in [-0.05, 0) is 30.0 Å². The predicted molar refractivity (Wildman–Crippen MR) is 94.3 cm³/mol. The molecule has 1 fully saturated rings. The first-order chi connectivity index (χ1) is 12.1. The van der Waals surface area contributed by atoms with Gasteiger partial charge in [-0.25, -0.2) is 0 Å². The molecular formula is C21H21NO3. The SMILES string of the molecule is O=C(O)[C@@H]1c2ccccc2C(=O)N(Cc2ccccc2)C12CCCC2. The fourth-order valence-electron chi connectivity index (χ4n) is 4.64. The molecular weight excluding hydrogens is 314 g/mol. The van der Waals surface area contributed by atoms with Gasteiger partial charge in [-0.15, -0.1) is 0 Å². The summed E-state index contributed by atoms with van der Waals surface area (Å²) in [6.07, 6.45) is 3.42. The Morgan fingerprint density at radius 3 is 2.36 bits per heavy atom. The van der Waals surface area contributed by atoms with E-state index in [0.29, 0.717) is 17.7 Å². The first kappa shape index (κ1) is 15.9. The van der Waals surface area contributed by atoms with Crippen molar-refractivity contribution >= 4 is 11.9 Å². The van der Waals surface area contributed by atoms with E-state index in [0.717, 1.165) is 31.2 Å². The molecule has 4 heteroatoms. The van der Waals surface area contributed by atoms with E-state index in [1.165, 1.54) is 0 Å². The molecule has 1 aliphatic carbocycles. The number of fused-ring (bicyclic) bond motifs is 1. The van der Waals surface area contributed by atoms with Crippen molar-refractivity contribution < 1.29 is 14.7 Å². The lowest BCUT2D eigenvalue weighted by Crippen LogP contribution is -2.58. The molecule has 1 saturated carbocycles. The highest BCUT2D eigenvalue weighted by atomic mass is 16.4. The number of carbonyl (C=O) groups excluding carboxylic acids is 1. The highest BCUT2D eigenvalue weighted by Crippen LogP contribution is 2.50. The third-order valence-electron chi connectivity index (χ3n) is 5.72. The fourth-order valence-corrected chi connectivity index (χ4v) is 4.64. The van der Waals surface area contributed by atoms with Gasteiger partial charge in [-0.2, -0.15) is 0 Å². The molecule has 2 aliphatic rings. The molecule has 1 aliphatic heterocycles. The summed E-state index contributed by atoms with van der Waals surface area (Å²) in [6, 6.07) is 17.0. The van der Waals surface area contributed by atoms with Crippen molar-refractivity contribution in [1.82, 2.24) is 4.90 Å². The van der Waals surface area contributed by atoms with Crippen LogP contribution in [-0.2, 0) is 11.3 Å². The van der Waals surface area contributed by atoms with E-state index in [4.69, 9.17) is 0 Å². The van der Waals surface area contributed by atoms with Crippen LogP contribution in [0.2, 0.25) is 0 Å². The van der Waals surface area contributed by atoms with E-state index < -0.39 is 17.4 Å². The number of nitrogens with zero attached hydrogens (tertiary/aromatic N) is 1.